The van der Waals surface area contributed by atoms with Crippen LogP contribution >= 0.6 is 0 Å². The third-order valence-electron chi connectivity index (χ3n) is 6.24. The van der Waals surface area contributed by atoms with Crippen molar-refractivity contribution in [2.45, 2.75) is 50.7 Å². The Morgan fingerprint density at radius 1 is 0.941 bits per heavy atom. The van der Waals surface area contributed by atoms with Crippen molar-refractivity contribution in [3.05, 3.63) is 102 Å². The fourth-order valence-corrected chi connectivity index (χ4v) is 9.93. The molecule has 3 aromatic rings. The van der Waals surface area contributed by atoms with Crippen LogP contribution < -0.4 is 10.4 Å². The van der Waals surface area contributed by atoms with Crippen molar-refractivity contribution in [1.29, 1.82) is 0 Å². The maximum Gasteiger partial charge on any atom is 0.261 e. The molecule has 0 saturated carbocycles. The molecule has 0 amide bonds. The molecule has 0 bridgehead atoms. The molecule has 1 unspecified atom stereocenters. The van der Waals surface area contributed by atoms with Crippen molar-refractivity contribution < 1.29 is 13.7 Å². The molecule has 0 aliphatic rings. The van der Waals surface area contributed by atoms with Gasteiger partial charge in [0.2, 0.25) is 0 Å². The van der Waals surface area contributed by atoms with Crippen molar-refractivity contribution in [2.24, 2.45) is 0 Å². The van der Waals surface area contributed by atoms with Crippen LogP contribution in [0.15, 0.2) is 101 Å². The second kappa shape index (κ2) is 11.4. The van der Waals surface area contributed by atoms with E-state index in [1.165, 1.54) is 10.4 Å². The van der Waals surface area contributed by atoms with Gasteiger partial charge in [-0.3, -0.25) is 4.21 Å². The first kappa shape index (κ1) is 26.3. The van der Waals surface area contributed by atoms with Gasteiger partial charge < -0.3 is 9.53 Å². The molecule has 0 fully saturated rings. The Hall–Kier alpha value is -2.31. The Morgan fingerprint density at radius 2 is 1.44 bits per heavy atom. The molecule has 2 atom stereocenters. The van der Waals surface area contributed by atoms with Gasteiger partial charge in [0.1, 0.15) is 0 Å². The first-order chi connectivity index (χ1) is 16.1. The first-order valence-corrected chi connectivity index (χ1v) is 14.9. The number of hydrogen-bond acceptors (Lipinski definition) is 3. The van der Waals surface area contributed by atoms with Crippen LogP contribution in [-0.4, -0.2) is 36.1 Å². The third-order valence-corrected chi connectivity index (χ3v) is 12.7. The van der Waals surface area contributed by atoms with Gasteiger partial charge in [-0.2, -0.15) is 0 Å². The normalized spacial score (nSPS) is 14.6. The highest BCUT2D eigenvalue weighted by Gasteiger charge is 2.49. The highest BCUT2D eigenvalue weighted by atomic mass is 32.2. The van der Waals surface area contributed by atoms with Crippen LogP contribution in [0.5, 0.6) is 0 Å². The van der Waals surface area contributed by atoms with Gasteiger partial charge in [0.15, 0.2) is 0 Å². The molecule has 3 nitrogen and oxygen atoms in total. The Bertz CT molecular complexity index is 1060. The summed E-state index contributed by atoms with van der Waals surface area (Å²) < 4.78 is 19.6. The van der Waals surface area contributed by atoms with E-state index < -0.39 is 25.2 Å². The summed E-state index contributed by atoms with van der Waals surface area (Å²) >= 11 is 0. The minimum Gasteiger partial charge on any atom is -0.404 e. The van der Waals surface area contributed by atoms with Crippen LogP contribution in [-0.2, 0) is 15.2 Å². The minimum atomic E-state index is -2.63. The molecule has 0 heterocycles. The Kier molecular flexibility index (Phi) is 8.82. The predicted octanol–water partition coefficient (Wildman–Crippen LogP) is 4.99. The Labute approximate surface area is 208 Å². The highest BCUT2D eigenvalue weighted by molar-refractivity contribution is 7.85. The van der Waals surface area contributed by atoms with E-state index in [9.17, 15) is 9.32 Å². The lowest BCUT2D eigenvalue weighted by atomic mass is 10.2. The van der Waals surface area contributed by atoms with Crippen molar-refractivity contribution >= 4 is 29.5 Å². The van der Waals surface area contributed by atoms with Gasteiger partial charge in [-0.05, 0) is 47.0 Å². The fraction of sp³-hybridized carbons (Fsp3) is 0.310. The number of hydrogen-bond donors (Lipinski definition) is 1. The van der Waals surface area contributed by atoms with E-state index in [0.717, 1.165) is 16.0 Å². The lowest BCUT2D eigenvalue weighted by molar-refractivity contribution is 0.232. The molecule has 0 saturated heterocycles. The average Bonchev–Trinajstić information content (AvgIpc) is 2.82. The molecular weight excluding hydrogens is 456 g/mol. The van der Waals surface area contributed by atoms with Gasteiger partial charge in [0.25, 0.3) is 8.32 Å². The lowest BCUT2D eigenvalue weighted by Gasteiger charge is -2.42. The van der Waals surface area contributed by atoms with Crippen LogP contribution in [0.3, 0.4) is 0 Å². The highest BCUT2D eigenvalue weighted by Crippen LogP contribution is 2.36. The van der Waals surface area contributed by atoms with Crippen molar-refractivity contribution in [3.63, 3.8) is 0 Å². The SMILES string of the molecule is C/C(=C/CO[Si](c1ccccc1)(c1ccccc1)C(C)(C)C)[C@@H](O)CS(=O)c1ccc(C)cc1. The summed E-state index contributed by atoms with van der Waals surface area (Å²) in [7, 11) is -3.89. The maximum absolute atomic E-state index is 12.7. The van der Waals surface area contributed by atoms with Crippen LogP contribution in [0.1, 0.15) is 33.3 Å². The summed E-state index contributed by atoms with van der Waals surface area (Å²) in [5.74, 6) is 0.171. The number of aliphatic hydroxyl groups is 1. The van der Waals surface area contributed by atoms with Crippen molar-refractivity contribution in [3.8, 4) is 0 Å². The Balaban J connectivity index is 1.82. The third kappa shape index (κ3) is 6.02. The molecular formula is C29H36O3SSi. The standard InChI is InChI=1S/C29H36O3SSi/c1-23-16-18-25(19-17-23)33(31)22-28(30)24(2)20-21-32-34(29(3,4)5,26-12-8-6-9-13-26)27-14-10-7-11-15-27/h6-20,28,30H,21-22H2,1-5H3/b24-20-/t28-,33?/m0/s1. The van der Waals surface area contributed by atoms with Crippen LogP contribution in [0.2, 0.25) is 5.04 Å². The topological polar surface area (TPSA) is 46.5 Å². The summed E-state index contributed by atoms with van der Waals surface area (Å²) in [4.78, 5) is 0.737. The van der Waals surface area contributed by atoms with E-state index in [0.29, 0.717) is 6.61 Å². The second-order valence-electron chi connectivity index (χ2n) is 9.76. The molecule has 0 aliphatic heterocycles. The summed E-state index contributed by atoms with van der Waals surface area (Å²) in [6, 6.07) is 28.6. The van der Waals surface area contributed by atoms with Gasteiger partial charge >= 0.3 is 0 Å². The van der Waals surface area contributed by atoms with E-state index in [2.05, 4.69) is 69.3 Å². The summed E-state index contributed by atoms with van der Waals surface area (Å²) in [6.07, 6.45) is 1.15. The van der Waals surface area contributed by atoms with Gasteiger partial charge in [-0.1, -0.05) is 105 Å². The predicted molar refractivity (Wildman–Crippen MR) is 146 cm³/mol. The van der Waals surface area contributed by atoms with E-state index >= 15 is 0 Å². The van der Waals surface area contributed by atoms with Crippen LogP contribution in [0.25, 0.3) is 0 Å². The number of aliphatic hydroxyl groups excluding tert-OH is 1. The van der Waals surface area contributed by atoms with E-state index in [-0.39, 0.29) is 10.8 Å². The Morgan fingerprint density at radius 3 is 1.91 bits per heavy atom. The molecule has 0 aliphatic carbocycles. The number of aryl methyl sites for hydroxylation is 1. The first-order valence-electron chi connectivity index (χ1n) is 11.7. The van der Waals surface area contributed by atoms with Crippen molar-refractivity contribution in [2.75, 3.05) is 12.4 Å². The van der Waals surface area contributed by atoms with Gasteiger partial charge in [0.05, 0.1) is 29.3 Å². The molecule has 180 valence electrons. The lowest BCUT2D eigenvalue weighted by Crippen LogP contribution is -2.66. The maximum atomic E-state index is 12.7. The second-order valence-corrected chi connectivity index (χ2v) is 15.6. The average molecular weight is 493 g/mol. The molecule has 1 N–H and O–H groups in total. The number of benzene rings is 3. The van der Waals surface area contributed by atoms with E-state index in [4.69, 9.17) is 4.43 Å². The minimum absolute atomic E-state index is 0.108. The zero-order valence-corrected chi connectivity index (χ0v) is 22.6. The summed E-state index contributed by atoms with van der Waals surface area (Å²) in [5, 5.41) is 13.1. The molecule has 5 heteroatoms. The molecule has 0 radical (unpaired) electrons. The van der Waals surface area contributed by atoms with Gasteiger partial charge in [-0.25, -0.2) is 0 Å². The van der Waals surface area contributed by atoms with Crippen molar-refractivity contribution in [1.82, 2.24) is 0 Å². The summed E-state index contributed by atoms with van der Waals surface area (Å²) in [5.41, 5.74) is 1.90. The molecule has 3 aromatic carbocycles. The molecule has 0 spiro atoms. The molecule has 34 heavy (non-hydrogen) atoms. The smallest absolute Gasteiger partial charge is 0.261 e. The summed E-state index contributed by atoms with van der Waals surface area (Å²) in [6.45, 7) is 11.0. The monoisotopic (exact) mass is 492 g/mol. The largest absolute Gasteiger partial charge is 0.404 e. The zero-order valence-electron chi connectivity index (χ0n) is 20.8. The van der Waals surface area contributed by atoms with E-state index in [1.807, 2.05) is 56.3 Å². The van der Waals surface area contributed by atoms with Crippen LogP contribution in [0.4, 0.5) is 0 Å². The zero-order chi connectivity index (χ0) is 24.8. The fourth-order valence-electron chi connectivity index (χ4n) is 4.26. The number of rotatable bonds is 9. The molecule has 3 rings (SSSR count). The van der Waals surface area contributed by atoms with Gasteiger partial charge in [0, 0.05) is 4.90 Å². The van der Waals surface area contributed by atoms with E-state index in [1.54, 1.807) is 0 Å². The van der Waals surface area contributed by atoms with Gasteiger partial charge in [-0.15, -0.1) is 0 Å². The van der Waals surface area contributed by atoms with Crippen LogP contribution in [0, 0.1) is 6.92 Å². The molecule has 0 aromatic heterocycles. The quantitative estimate of drug-likeness (QED) is 0.338.